The normalized spacial score (nSPS) is 10.9. The van der Waals surface area contributed by atoms with Gasteiger partial charge in [-0.3, -0.25) is 9.48 Å². The summed E-state index contributed by atoms with van der Waals surface area (Å²) in [6.45, 7) is 1.88. The number of aryl methyl sites for hydroxylation is 2. The second-order valence-electron chi connectivity index (χ2n) is 3.81. The van der Waals surface area contributed by atoms with Crippen molar-refractivity contribution in [2.24, 2.45) is 7.05 Å². The summed E-state index contributed by atoms with van der Waals surface area (Å²) in [6, 6.07) is 1.61. The lowest BCUT2D eigenvalue weighted by molar-refractivity contribution is 0.0991. The predicted octanol–water partition coefficient (Wildman–Crippen LogP) is 4.28. The number of hydrogen-bond acceptors (Lipinski definition) is 3. The van der Waals surface area contributed by atoms with Crippen LogP contribution in [-0.4, -0.2) is 15.6 Å². The van der Waals surface area contributed by atoms with Crippen LogP contribution in [0.1, 0.15) is 21.7 Å². The molecule has 7 heteroatoms. The maximum atomic E-state index is 12.2. The van der Waals surface area contributed by atoms with E-state index in [0.717, 1.165) is 15.9 Å². The summed E-state index contributed by atoms with van der Waals surface area (Å²) in [5.41, 5.74) is 2.16. The Labute approximate surface area is 127 Å². The van der Waals surface area contributed by atoms with Gasteiger partial charge in [0.15, 0.2) is 5.78 Å². The van der Waals surface area contributed by atoms with Gasteiger partial charge < -0.3 is 0 Å². The molecule has 2 rings (SSSR count). The molecule has 0 saturated heterocycles. The molecule has 0 aromatic carbocycles. The van der Waals surface area contributed by atoms with Crippen molar-refractivity contribution in [1.29, 1.82) is 0 Å². The molecule has 0 N–H and O–H groups in total. The van der Waals surface area contributed by atoms with E-state index in [-0.39, 0.29) is 12.2 Å². The SMILES string of the molecule is Cc1nn(C)c(CC(=O)c2cc(Cl)sc2Cl)c1Br. The number of carbonyl (C=O) groups excluding carboxylic acids is 1. The van der Waals surface area contributed by atoms with Crippen molar-refractivity contribution in [2.75, 3.05) is 0 Å². The van der Waals surface area contributed by atoms with Crippen molar-refractivity contribution in [3.63, 3.8) is 0 Å². The van der Waals surface area contributed by atoms with Crippen LogP contribution in [0.4, 0.5) is 0 Å². The highest BCUT2D eigenvalue weighted by atomic mass is 79.9. The first-order valence-electron chi connectivity index (χ1n) is 5.06. The highest BCUT2D eigenvalue weighted by molar-refractivity contribution is 9.10. The van der Waals surface area contributed by atoms with Crippen molar-refractivity contribution in [3.05, 3.63) is 36.2 Å². The molecule has 0 aliphatic heterocycles. The molecule has 0 fully saturated rings. The topological polar surface area (TPSA) is 34.9 Å². The summed E-state index contributed by atoms with van der Waals surface area (Å²) in [5, 5.41) is 4.25. The van der Waals surface area contributed by atoms with Crippen LogP contribution in [0.5, 0.6) is 0 Å². The Morgan fingerprint density at radius 3 is 2.67 bits per heavy atom. The molecule has 18 heavy (non-hydrogen) atoms. The fraction of sp³-hybridized carbons (Fsp3) is 0.273. The molecule has 2 heterocycles. The summed E-state index contributed by atoms with van der Waals surface area (Å²) in [7, 11) is 1.81. The Morgan fingerprint density at radius 2 is 2.22 bits per heavy atom. The molecule has 0 atom stereocenters. The Hall–Kier alpha value is -0.360. The van der Waals surface area contributed by atoms with E-state index >= 15 is 0 Å². The zero-order valence-electron chi connectivity index (χ0n) is 9.63. The van der Waals surface area contributed by atoms with Gasteiger partial charge in [-0.05, 0) is 28.9 Å². The van der Waals surface area contributed by atoms with Gasteiger partial charge in [0.25, 0.3) is 0 Å². The lowest BCUT2D eigenvalue weighted by Crippen LogP contribution is -2.08. The highest BCUT2D eigenvalue weighted by Gasteiger charge is 2.19. The standard InChI is InChI=1S/C11H9BrCl2N2OS/c1-5-10(12)7(16(2)15-5)4-8(17)6-3-9(13)18-11(6)14/h3H,4H2,1-2H3. The number of halogens is 3. The smallest absolute Gasteiger partial charge is 0.171 e. The summed E-state index contributed by atoms with van der Waals surface area (Å²) in [5.74, 6) is -0.0631. The molecule has 0 aliphatic rings. The zero-order valence-corrected chi connectivity index (χ0v) is 13.5. The molecule has 96 valence electrons. The third kappa shape index (κ3) is 2.64. The van der Waals surface area contributed by atoms with Gasteiger partial charge in [-0.1, -0.05) is 23.2 Å². The van der Waals surface area contributed by atoms with Gasteiger partial charge >= 0.3 is 0 Å². The maximum Gasteiger partial charge on any atom is 0.171 e. The number of ketones is 1. The molecular weight excluding hydrogens is 359 g/mol. The van der Waals surface area contributed by atoms with Crippen LogP contribution in [0, 0.1) is 6.92 Å². The van der Waals surface area contributed by atoms with Crippen molar-refractivity contribution < 1.29 is 4.79 Å². The summed E-state index contributed by atoms with van der Waals surface area (Å²) >= 11 is 16.4. The summed E-state index contributed by atoms with van der Waals surface area (Å²) in [4.78, 5) is 12.2. The monoisotopic (exact) mass is 366 g/mol. The average Bonchev–Trinajstić information content (AvgIpc) is 2.73. The molecule has 0 aliphatic carbocycles. The minimum Gasteiger partial charge on any atom is -0.294 e. The van der Waals surface area contributed by atoms with Crippen molar-refractivity contribution in [3.8, 4) is 0 Å². The largest absolute Gasteiger partial charge is 0.294 e. The molecule has 2 aromatic heterocycles. The Balaban J connectivity index is 2.29. The van der Waals surface area contributed by atoms with E-state index in [1.165, 1.54) is 11.3 Å². The molecule has 0 unspecified atom stereocenters. The van der Waals surface area contributed by atoms with E-state index in [9.17, 15) is 4.79 Å². The lowest BCUT2D eigenvalue weighted by Gasteiger charge is -2.01. The van der Waals surface area contributed by atoms with Gasteiger partial charge in [-0.15, -0.1) is 11.3 Å². The first-order valence-corrected chi connectivity index (χ1v) is 7.42. The first-order chi connectivity index (χ1) is 8.40. The van der Waals surface area contributed by atoms with Gasteiger partial charge in [0.2, 0.25) is 0 Å². The highest BCUT2D eigenvalue weighted by Crippen LogP contribution is 2.32. The van der Waals surface area contributed by atoms with E-state index in [2.05, 4.69) is 21.0 Å². The fourth-order valence-corrected chi connectivity index (χ4v) is 3.62. The number of thiophene rings is 1. The second kappa shape index (κ2) is 5.33. The van der Waals surface area contributed by atoms with Crippen LogP contribution < -0.4 is 0 Å². The van der Waals surface area contributed by atoms with Crippen LogP contribution in [0.25, 0.3) is 0 Å². The average molecular weight is 368 g/mol. The van der Waals surface area contributed by atoms with Crippen LogP contribution in [0.15, 0.2) is 10.5 Å². The van der Waals surface area contributed by atoms with E-state index in [4.69, 9.17) is 23.2 Å². The summed E-state index contributed by atoms with van der Waals surface area (Å²) < 4.78 is 3.50. The molecule has 0 amide bonds. The van der Waals surface area contributed by atoms with Crippen LogP contribution in [0.3, 0.4) is 0 Å². The number of aromatic nitrogens is 2. The van der Waals surface area contributed by atoms with Gasteiger partial charge in [0.05, 0.1) is 26.6 Å². The minimum atomic E-state index is -0.0631. The van der Waals surface area contributed by atoms with Crippen molar-refractivity contribution >= 4 is 56.3 Å². The predicted molar refractivity (Wildman–Crippen MR) is 78.0 cm³/mol. The third-order valence-electron chi connectivity index (χ3n) is 2.55. The van der Waals surface area contributed by atoms with E-state index < -0.39 is 0 Å². The van der Waals surface area contributed by atoms with Crippen LogP contribution in [0.2, 0.25) is 8.67 Å². The Bertz CT molecular complexity index is 621. The second-order valence-corrected chi connectivity index (χ2v) is 6.89. The fourth-order valence-electron chi connectivity index (χ4n) is 1.65. The Morgan fingerprint density at radius 1 is 1.56 bits per heavy atom. The van der Waals surface area contributed by atoms with Gasteiger partial charge in [-0.25, -0.2) is 0 Å². The lowest BCUT2D eigenvalue weighted by atomic mass is 10.1. The molecule has 0 spiro atoms. The summed E-state index contributed by atoms with van der Waals surface area (Å²) in [6.07, 6.45) is 0.241. The van der Waals surface area contributed by atoms with Gasteiger partial charge in [-0.2, -0.15) is 5.10 Å². The van der Waals surface area contributed by atoms with Crippen LogP contribution in [-0.2, 0) is 13.5 Å². The number of Topliss-reactive ketones (excluding diaryl/α,β-unsaturated/α-hetero) is 1. The Kier molecular flexibility index (Phi) is 4.16. The third-order valence-corrected chi connectivity index (χ3v) is 5.07. The number of carbonyl (C=O) groups is 1. The minimum absolute atomic E-state index is 0.0631. The molecule has 0 radical (unpaired) electrons. The van der Waals surface area contributed by atoms with E-state index in [1.807, 2.05) is 14.0 Å². The number of nitrogens with zero attached hydrogens (tertiary/aromatic N) is 2. The molecular formula is C11H9BrCl2N2OS. The van der Waals surface area contributed by atoms with Crippen molar-refractivity contribution in [1.82, 2.24) is 9.78 Å². The zero-order chi connectivity index (χ0) is 13.4. The molecule has 0 saturated carbocycles. The maximum absolute atomic E-state index is 12.2. The van der Waals surface area contributed by atoms with Gasteiger partial charge in [0, 0.05) is 12.6 Å². The van der Waals surface area contributed by atoms with E-state index in [0.29, 0.717) is 14.2 Å². The van der Waals surface area contributed by atoms with E-state index in [1.54, 1.807) is 10.7 Å². The quantitative estimate of drug-likeness (QED) is 0.758. The van der Waals surface area contributed by atoms with Crippen LogP contribution >= 0.6 is 50.5 Å². The molecule has 3 nitrogen and oxygen atoms in total. The molecule has 2 aromatic rings. The van der Waals surface area contributed by atoms with Crippen molar-refractivity contribution in [2.45, 2.75) is 13.3 Å². The number of rotatable bonds is 3. The van der Waals surface area contributed by atoms with Gasteiger partial charge in [0.1, 0.15) is 4.34 Å². The number of hydrogen-bond donors (Lipinski definition) is 0. The first kappa shape index (κ1) is 14.1. The molecule has 0 bridgehead atoms.